The fourth-order valence-electron chi connectivity index (χ4n) is 2.36. The minimum atomic E-state index is 0.0890. The van der Waals surface area contributed by atoms with Crippen LogP contribution in [0.5, 0.6) is 0 Å². The fourth-order valence-corrected chi connectivity index (χ4v) is 2.72. The zero-order chi connectivity index (χ0) is 14.1. The van der Waals surface area contributed by atoms with Crippen LogP contribution in [0.3, 0.4) is 0 Å². The van der Waals surface area contributed by atoms with Gasteiger partial charge in [-0.2, -0.15) is 0 Å². The smallest absolute Gasteiger partial charge is 0.272 e. The Morgan fingerprint density at radius 2 is 2.00 bits per heavy atom. The minimum absolute atomic E-state index is 0.0890. The second kappa shape index (κ2) is 5.55. The maximum Gasteiger partial charge on any atom is 0.272 e. The van der Waals surface area contributed by atoms with Crippen LogP contribution in [0.4, 0.5) is 0 Å². The number of nitrogens with zero attached hydrogens (tertiary/aromatic N) is 3. The third kappa shape index (κ3) is 2.46. The van der Waals surface area contributed by atoms with Gasteiger partial charge in [-0.25, -0.2) is 4.98 Å². The molecule has 1 aliphatic rings. The molecule has 2 aromatic rings. The van der Waals surface area contributed by atoms with Crippen LogP contribution in [-0.2, 0) is 0 Å². The Morgan fingerprint density at radius 3 is 2.60 bits per heavy atom. The molecule has 3 rings (SSSR count). The van der Waals surface area contributed by atoms with E-state index in [4.69, 9.17) is 0 Å². The molecule has 0 spiro atoms. The molecule has 1 aromatic heterocycles. The van der Waals surface area contributed by atoms with Gasteiger partial charge in [0.25, 0.3) is 5.91 Å². The molecule has 0 aliphatic carbocycles. The molecular weight excluding hydrogens is 365 g/mol. The molecule has 104 valence electrons. The van der Waals surface area contributed by atoms with Gasteiger partial charge in [0.1, 0.15) is 5.69 Å². The molecule has 0 N–H and O–H groups in total. The number of imidazole rings is 1. The third-order valence-electron chi connectivity index (χ3n) is 3.80. The first-order valence-corrected chi connectivity index (χ1v) is 7.81. The average Bonchev–Trinajstić information content (AvgIpc) is 2.85. The SMILES string of the molecule is C[C@H](c1ccc(I)cc1)n1cncc1C(=O)N1CCC1. The summed E-state index contributed by atoms with van der Waals surface area (Å²) in [7, 11) is 0. The summed E-state index contributed by atoms with van der Waals surface area (Å²) in [6.45, 7) is 3.82. The molecule has 4 nitrogen and oxygen atoms in total. The van der Waals surface area contributed by atoms with Crippen molar-refractivity contribution < 1.29 is 4.79 Å². The Kier molecular flexibility index (Phi) is 3.78. The average molecular weight is 381 g/mol. The molecule has 5 heteroatoms. The molecule has 1 saturated heterocycles. The summed E-state index contributed by atoms with van der Waals surface area (Å²) in [5.41, 5.74) is 1.86. The normalized spacial score (nSPS) is 15.8. The van der Waals surface area contributed by atoms with Crippen LogP contribution in [0.25, 0.3) is 0 Å². The molecular formula is C15H16IN3O. The summed E-state index contributed by atoms with van der Waals surface area (Å²) in [6, 6.07) is 8.48. The van der Waals surface area contributed by atoms with Crippen molar-refractivity contribution >= 4 is 28.5 Å². The summed E-state index contributed by atoms with van der Waals surface area (Å²) in [5, 5.41) is 0. The van der Waals surface area contributed by atoms with Gasteiger partial charge in [-0.15, -0.1) is 0 Å². The molecule has 0 saturated carbocycles. The number of carbonyl (C=O) groups excluding carboxylic acids is 1. The first-order chi connectivity index (χ1) is 9.66. The van der Waals surface area contributed by atoms with Gasteiger partial charge in [-0.1, -0.05) is 12.1 Å². The van der Waals surface area contributed by atoms with E-state index in [0.29, 0.717) is 5.69 Å². The summed E-state index contributed by atoms with van der Waals surface area (Å²) in [6.07, 6.45) is 4.52. The van der Waals surface area contributed by atoms with E-state index in [0.717, 1.165) is 19.5 Å². The zero-order valence-electron chi connectivity index (χ0n) is 11.3. The van der Waals surface area contributed by atoms with Crippen molar-refractivity contribution in [2.75, 3.05) is 13.1 Å². The van der Waals surface area contributed by atoms with Gasteiger partial charge in [0.05, 0.1) is 18.6 Å². The van der Waals surface area contributed by atoms with Gasteiger partial charge >= 0.3 is 0 Å². The van der Waals surface area contributed by atoms with Crippen molar-refractivity contribution in [3.63, 3.8) is 0 Å². The van der Waals surface area contributed by atoms with E-state index in [2.05, 4.69) is 58.8 Å². The Balaban J connectivity index is 1.88. The summed E-state index contributed by atoms with van der Waals surface area (Å²) in [4.78, 5) is 18.4. The number of benzene rings is 1. The Hall–Kier alpha value is -1.37. The van der Waals surface area contributed by atoms with Crippen LogP contribution < -0.4 is 0 Å². The standard InChI is InChI=1S/C15H16IN3O/c1-11(12-3-5-13(16)6-4-12)19-10-17-9-14(19)15(20)18-7-2-8-18/h3-6,9-11H,2,7-8H2,1H3/t11-/m1/s1. The number of halogens is 1. The highest BCUT2D eigenvalue weighted by Crippen LogP contribution is 2.22. The van der Waals surface area contributed by atoms with Crippen LogP contribution in [0.2, 0.25) is 0 Å². The van der Waals surface area contributed by atoms with Gasteiger partial charge in [0.15, 0.2) is 0 Å². The monoisotopic (exact) mass is 381 g/mol. The van der Waals surface area contributed by atoms with Crippen molar-refractivity contribution in [3.05, 3.63) is 51.6 Å². The van der Waals surface area contributed by atoms with E-state index in [9.17, 15) is 4.79 Å². The second-order valence-electron chi connectivity index (χ2n) is 5.06. The lowest BCUT2D eigenvalue weighted by Crippen LogP contribution is -2.42. The summed E-state index contributed by atoms with van der Waals surface area (Å²) >= 11 is 2.29. The van der Waals surface area contributed by atoms with E-state index in [1.807, 2.05) is 9.47 Å². The number of carbonyl (C=O) groups is 1. The van der Waals surface area contributed by atoms with E-state index in [-0.39, 0.29) is 11.9 Å². The maximum atomic E-state index is 12.4. The minimum Gasteiger partial charge on any atom is -0.337 e. The zero-order valence-corrected chi connectivity index (χ0v) is 13.4. The number of likely N-dealkylation sites (tertiary alicyclic amines) is 1. The third-order valence-corrected chi connectivity index (χ3v) is 4.52. The molecule has 0 bridgehead atoms. The highest BCUT2D eigenvalue weighted by molar-refractivity contribution is 14.1. The molecule has 2 heterocycles. The maximum absolute atomic E-state index is 12.4. The van der Waals surface area contributed by atoms with E-state index in [1.165, 1.54) is 9.13 Å². The van der Waals surface area contributed by atoms with Crippen LogP contribution >= 0.6 is 22.6 Å². The van der Waals surface area contributed by atoms with Gasteiger partial charge < -0.3 is 9.47 Å². The topological polar surface area (TPSA) is 38.1 Å². The van der Waals surface area contributed by atoms with Crippen LogP contribution in [0.1, 0.15) is 35.4 Å². The number of aromatic nitrogens is 2. The summed E-state index contributed by atoms with van der Waals surface area (Å²) in [5.74, 6) is 0.0890. The van der Waals surface area contributed by atoms with E-state index in [1.54, 1.807) is 12.5 Å². The predicted molar refractivity (Wildman–Crippen MR) is 85.7 cm³/mol. The Labute approximate surface area is 131 Å². The first-order valence-electron chi connectivity index (χ1n) is 6.73. The lowest BCUT2D eigenvalue weighted by Gasteiger charge is -2.31. The predicted octanol–water partition coefficient (Wildman–Crippen LogP) is 2.94. The molecule has 1 amide bonds. The number of hydrogen-bond donors (Lipinski definition) is 0. The lowest BCUT2D eigenvalue weighted by molar-refractivity contribution is 0.0639. The highest BCUT2D eigenvalue weighted by Gasteiger charge is 2.25. The highest BCUT2D eigenvalue weighted by atomic mass is 127. The number of rotatable bonds is 3. The van der Waals surface area contributed by atoms with Gasteiger partial charge in [0, 0.05) is 16.7 Å². The van der Waals surface area contributed by atoms with E-state index >= 15 is 0 Å². The lowest BCUT2D eigenvalue weighted by atomic mass is 10.1. The van der Waals surface area contributed by atoms with Crippen LogP contribution in [0.15, 0.2) is 36.8 Å². The Morgan fingerprint density at radius 1 is 1.30 bits per heavy atom. The molecule has 20 heavy (non-hydrogen) atoms. The fraction of sp³-hybridized carbons (Fsp3) is 0.333. The van der Waals surface area contributed by atoms with Gasteiger partial charge in [-0.3, -0.25) is 4.79 Å². The summed E-state index contributed by atoms with van der Waals surface area (Å²) < 4.78 is 3.17. The second-order valence-corrected chi connectivity index (χ2v) is 6.31. The molecule has 1 fully saturated rings. The molecule has 1 atom stereocenters. The molecule has 0 radical (unpaired) electrons. The Bertz CT molecular complexity index is 616. The molecule has 1 aliphatic heterocycles. The van der Waals surface area contributed by atoms with E-state index < -0.39 is 0 Å². The van der Waals surface area contributed by atoms with Crippen molar-refractivity contribution in [3.8, 4) is 0 Å². The largest absolute Gasteiger partial charge is 0.337 e. The number of hydrogen-bond acceptors (Lipinski definition) is 2. The van der Waals surface area contributed by atoms with Crippen LogP contribution in [0, 0.1) is 3.57 Å². The number of amides is 1. The molecule has 0 unspecified atom stereocenters. The van der Waals surface area contributed by atoms with Gasteiger partial charge in [-0.05, 0) is 53.6 Å². The van der Waals surface area contributed by atoms with Crippen molar-refractivity contribution in [1.82, 2.24) is 14.5 Å². The molecule has 1 aromatic carbocycles. The van der Waals surface area contributed by atoms with Crippen molar-refractivity contribution in [2.24, 2.45) is 0 Å². The van der Waals surface area contributed by atoms with Crippen molar-refractivity contribution in [1.29, 1.82) is 0 Å². The quantitative estimate of drug-likeness (QED) is 0.767. The van der Waals surface area contributed by atoms with Crippen LogP contribution in [-0.4, -0.2) is 33.4 Å². The van der Waals surface area contributed by atoms with Crippen molar-refractivity contribution in [2.45, 2.75) is 19.4 Å². The van der Waals surface area contributed by atoms with Gasteiger partial charge in [0.2, 0.25) is 0 Å². The first kappa shape index (κ1) is 13.6.